The Hall–Kier alpha value is -1.73. The van der Waals surface area contributed by atoms with Gasteiger partial charge in [0.1, 0.15) is 0 Å². The monoisotopic (exact) mass is 327 g/mol. The fraction of sp³-hybridized carbons (Fsp3) is 0.562. The molecule has 128 valence electrons. The minimum Gasteiger partial charge on any atom is -0.392 e. The summed E-state index contributed by atoms with van der Waals surface area (Å²) in [7, 11) is 0. The molecular formula is C16H23F2N3O2. The lowest BCUT2D eigenvalue weighted by Crippen LogP contribution is -2.48. The third-order valence-corrected chi connectivity index (χ3v) is 3.87. The van der Waals surface area contributed by atoms with Gasteiger partial charge in [0.15, 0.2) is 11.6 Å². The van der Waals surface area contributed by atoms with Crippen LogP contribution in [0, 0.1) is 11.6 Å². The Kier molecular flexibility index (Phi) is 6.29. The third kappa shape index (κ3) is 5.76. The maximum Gasteiger partial charge on any atom is 0.315 e. The van der Waals surface area contributed by atoms with Crippen molar-refractivity contribution in [2.45, 2.75) is 38.5 Å². The maximum absolute atomic E-state index is 13.2. The van der Waals surface area contributed by atoms with Gasteiger partial charge in [0.2, 0.25) is 0 Å². The number of urea groups is 1. The topological polar surface area (TPSA) is 64.6 Å². The van der Waals surface area contributed by atoms with Gasteiger partial charge in [0.05, 0.1) is 6.10 Å². The van der Waals surface area contributed by atoms with Crippen LogP contribution in [0.5, 0.6) is 0 Å². The highest BCUT2D eigenvalue weighted by Gasteiger charge is 2.21. The van der Waals surface area contributed by atoms with Crippen LogP contribution in [0.3, 0.4) is 0 Å². The molecule has 2 amide bonds. The highest BCUT2D eigenvalue weighted by atomic mass is 19.2. The Balaban J connectivity index is 1.73. The molecule has 1 aliphatic rings. The average Bonchev–Trinajstić information content (AvgIpc) is 2.51. The molecule has 7 heteroatoms. The molecule has 1 aromatic carbocycles. The summed E-state index contributed by atoms with van der Waals surface area (Å²) in [6, 6.07) is 3.77. The normalized spacial score (nSPS) is 17.7. The number of benzene rings is 1. The van der Waals surface area contributed by atoms with Crippen molar-refractivity contribution in [2.75, 3.05) is 19.6 Å². The number of likely N-dealkylation sites (tertiary alicyclic amines) is 1. The fourth-order valence-electron chi connectivity index (χ4n) is 2.61. The lowest BCUT2D eigenvalue weighted by atomic mass is 10.0. The van der Waals surface area contributed by atoms with Crippen LogP contribution >= 0.6 is 0 Å². The van der Waals surface area contributed by atoms with Crippen molar-refractivity contribution in [3.05, 3.63) is 35.4 Å². The minimum atomic E-state index is -0.833. The van der Waals surface area contributed by atoms with E-state index in [0.717, 1.165) is 37.6 Å². The Morgan fingerprint density at radius 2 is 2.04 bits per heavy atom. The number of aliphatic hydroxyl groups is 1. The van der Waals surface area contributed by atoms with Gasteiger partial charge in [-0.05, 0) is 37.5 Å². The molecule has 1 aliphatic heterocycles. The van der Waals surface area contributed by atoms with E-state index >= 15 is 0 Å². The number of amides is 2. The zero-order valence-corrected chi connectivity index (χ0v) is 13.2. The molecule has 1 aromatic rings. The smallest absolute Gasteiger partial charge is 0.315 e. The Morgan fingerprint density at radius 1 is 1.35 bits per heavy atom. The molecule has 1 heterocycles. The zero-order chi connectivity index (χ0) is 16.8. The first kappa shape index (κ1) is 17.6. The second kappa shape index (κ2) is 8.21. The number of hydrogen-bond acceptors (Lipinski definition) is 3. The van der Waals surface area contributed by atoms with Gasteiger partial charge < -0.3 is 15.7 Å². The predicted octanol–water partition coefficient (Wildman–Crippen LogP) is 1.61. The second-order valence-corrected chi connectivity index (χ2v) is 6.00. The Bertz CT molecular complexity index is 532. The van der Waals surface area contributed by atoms with Crippen LogP contribution in [-0.4, -0.2) is 47.8 Å². The highest BCUT2D eigenvalue weighted by Crippen LogP contribution is 2.15. The Labute approximate surface area is 134 Å². The van der Waals surface area contributed by atoms with Crippen LogP contribution in [0.2, 0.25) is 0 Å². The third-order valence-electron chi connectivity index (χ3n) is 3.87. The molecule has 1 atom stereocenters. The molecule has 0 aromatic heterocycles. The first-order valence-electron chi connectivity index (χ1n) is 7.82. The van der Waals surface area contributed by atoms with E-state index in [1.807, 2.05) is 0 Å². The van der Waals surface area contributed by atoms with Gasteiger partial charge in [-0.2, -0.15) is 0 Å². The summed E-state index contributed by atoms with van der Waals surface area (Å²) < 4.78 is 26.1. The van der Waals surface area contributed by atoms with E-state index in [2.05, 4.69) is 15.5 Å². The largest absolute Gasteiger partial charge is 0.392 e. The van der Waals surface area contributed by atoms with E-state index in [1.54, 1.807) is 13.0 Å². The van der Waals surface area contributed by atoms with Crippen molar-refractivity contribution in [3.63, 3.8) is 0 Å². The van der Waals surface area contributed by atoms with Crippen LogP contribution in [0.4, 0.5) is 13.6 Å². The molecule has 23 heavy (non-hydrogen) atoms. The molecule has 1 saturated heterocycles. The molecule has 0 bridgehead atoms. The summed E-state index contributed by atoms with van der Waals surface area (Å²) in [5.74, 6) is -1.66. The van der Waals surface area contributed by atoms with Crippen LogP contribution in [0.1, 0.15) is 25.3 Å². The van der Waals surface area contributed by atoms with Crippen molar-refractivity contribution in [1.29, 1.82) is 0 Å². The van der Waals surface area contributed by atoms with Gasteiger partial charge in [-0.25, -0.2) is 13.6 Å². The molecule has 3 N–H and O–H groups in total. The molecule has 2 rings (SSSR count). The summed E-state index contributed by atoms with van der Waals surface area (Å²) in [4.78, 5) is 13.8. The summed E-state index contributed by atoms with van der Waals surface area (Å²) in [5.41, 5.74) is 0.741. The van der Waals surface area contributed by atoms with Gasteiger partial charge >= 0.3 is 6.03 Å². The zero-order valence-electron chi connectivity index (χ0n) is 13.2. The van der Waals surface area contributed by atoms with Gasteiger partial charge in [-0.15, -0.1) is 0 Å². The van der Waals surface area contributed by atoms with Crippen molar-refractivity contribution in [1.82, 2.24) is 15.5 Å². The summed E-state index contributed by atoms with van der Waals surface area (Å²) in [6.45, 7) is 3.96. The predicted molar refractivity (Wildman–Crippen MR) is 82.9 cm³/mol. The summed E-state index contributed by atoms with van der Waals surface area (Å²) in [6.07, 6.45) is 1.02. The number of halogens is 2. The number of piperidine rings is 1. The highest BCUT2D eigenvalue weighted by molar-refractivity contribution is 5.74. The minimum absolute atomic E-state index is 0.0882. The second-order valence-electron chi connectivity index (χ2n) is 6.00. The van der Waals surface area contributed by atoms with E-state index in [4.69, 9.17) is 5.11 Å². The van der Waals surface area contributed by atoms with E-state index in [-0.39, 0.29) is 18.6 Å². The van der Waals surface area contributed by atoms with Crippen molar-refractivity contribution in [3.8, 4) is 0 Å². The van der Waals surface area contributed by atoms with Gasteiger partial charge in [-0.3, -0.25) is 4.90 Å². The fourth-order valence-corrected chi connectivity index (χ4v) is 2.61. The Morgan fingerprint density at radius 3 is 2.65 bits per heavy atom. The van der Waals surface area contributed by atoms with E-state index in [1.165, 1.54) is 6.07 Å². The molecular weight excluding hydrogens is 304 g/mol. The van der Waals surface area contributed by atoms with Crippen LogP contribution in [0.25, 0.3) is 0 Å². The van der Waals surface area contributed by atoms with E-state index in [9.17, 15) is 13.6 Å². The van der Waals surface area contributed by atoms with Crippen LogP contribution < -0.4 is 10.6 Å². The number of nitrogens with zero attached hydrogens (tertiary/aromatic N) is 1. The van der Waals surface area contributed by atoms with Crippen LogP contribution in [0.15, 0.2) is 18.2 Å². The van der Waals surface area contributed by atoms with Crippen molar-refractivity contribution < 1.29 is 18.7 Å². The first-order valence-corrected chi connectivity index (χ1v) is 7.82. The van der Waals surface area contributed by atoms with Crippen LogP contribution in [-0.2, 0) is 6.54 Å². The molecule has 0 unspecified atom stereocenters. The maximum atomic E-state index is 13.2. The molecule has 0 spiro atoms. The van der Waals surface area contributed by atoms with Crippen molar-refractivity contribution in [2.24, 2.45) is 0 Å². The van der Waals surface area contributed by atoms with E-state index in [0.29, 0.717) is 6.54 Å². The van der Waals surface area contributed by atoms with Gasteiger partial charge in [-0.1, -0.05) is 6.07 Å². The number of rotatable bonds is 5. The van der Waals surface area contributed by atoms with Gasteiger partial charge in [0, 0.05) is 32.2 Å². The number of nitrogens with one attached hydrogen (secondary N) is 2. The first-order chi connectivity index (χ1) is 10.9. The molecule has 1 fully saturated rings. The molecule has 5 nitrogen and oxygen atoms in total. The number of aliphatic hydroxyl groups excluding tert-OH is 1. The number of carbonyl (C=O) groups excluding carboxylic acids is 1. The number of hydrogen-bond donors (Lipinski definition) is 3. The van der Waals surface area contributed by atoms with E-state index < -0.39 is 17.7 Å². The summed E-state index contributed by atoms with van der Waals surface area (Å²) >= 11 is 0. The number of carbonyl (C=O) groups is 1. The molecule has 0 aliphatic carbocycles. The van der Waals surface area contributed by atoms with Gasteiger partial charge in [0.25, 0.3) is 0 Å². The van der Waals surface area contributed by atoms with Crippen molar-refractivity contribution >= 4 is 6.03 Å². The SMILES string of the molecule is C[C@@H](O)CNC(=O)NC1CCN(Cc2ccc(F)c(F)c2)CC1. The summed E-state index contributed by atoms with van der Waals surface area (Å²) in [5, 5.41) is 14.6. The molecule has 0 saturated carbocycles. The lowest BCUT2D eigenvalue weighted by Gasteiger charge is -2.32. The standard InChI is InChI=1S/C16H23F2N3O2/c1-11(22)9-19-16(23)20-13-4-6-21(7-5-13)10-12-2-3-14(17)15(18)8-12/h2-3,8,11,13,22H,4-7,9-10H2,1H3,(H2,19,20,23)/t11-/m1/s1. The molecule has 0 radical (unpaired) electrons. The average molecular weight is 327 g/mol. The lowest BCUT2D eigenvalue weighted by molar-refractivity contribution is 0.176. The quantitative estimate of drug-likeness (QED) is 0.770.